The molecule has 0 unspecified atom stereocenters. The van der Waals surface area contributed by atoms with Gasteiger partial charge in [0, 0.05) is 25.8 Å². The number of rotatable bonds is 9. The molecule has 0 heterocycles. The number of carboxylic acids is 1. The van der Waals surface area contributed by atoms with Crippen molar-refractivity contribution in [1.82, 2.24) is 4.90 Å². The molecule has 0 aliphatic heterocycles. The Bertz CT molecular complexity index is 443. The highest BCUT2D eigenvalue weighted by molar-refractivity contribution is 5.85. The van der Waals surface area contributed by atoms with Gasteiger partial charge in [-0.05, 0) is 30.7 Å². The van der Waals surface area contributed by atoms with Gasteiger partial charge in [0.05, 0.1) is 6.61 Å². The molecule has 1 aromatic carbocycles. The SMILES string of the molecule is CCOCCN(CC)Cc1ccccc1C=CC(=O)O. The van der Waals surface area contributed by atoms with Gasteiger partial charge in [0.1, 0.15) is 0 Å². The molecule has 0 aliphatic rings. The van der Waals surface area contributed by atoms with Gasteiger partial charge in [-0.15, -0.1) is 0 Å². The normalized spacial score (nSPS) is 11.3. The molecule has 0 spiro atoms. The van der Waals surface area contributed by atoms with Crippen molar-refractivity contribution in [2.75, 3.05) is 26.3 Å². The number of hydrogen-bond donors (Lipinski definition) is 1. The van der Waals surface area contributed by atoms with Crippen molar-refractivity contribution in [3.8, 4) is 0 Å². The van der Waals surface area contributed by atoms with Crippen LogP contribution in [0.3, 0.4) is 0 Å². The van der Waals surface area contributed by atoms with Gasteiger partial charge in [-0.1, -0.05) is 31.2 Å². The van der Waals surface area contributed by atoms with E-state index in [0.29, 0.717) is 0 Å². The lowest BCUT2D eigenvalue weighted by molar-refractivity contribution is -0.131. The minimum Gasteiger partial charge on any atom is -0.478 e. The van der Waals surface area contributed by atoms with E-state index in [1.54, 1.807) is 6.08 Å². The number of hydrogen-bond acceptors (Lipinski definition) is 3. The summed E-state index contributed by atoms with van der Waals surface area (Å²) in [5.41, 5.74) is 2.08. The molecule has 1 aromatic rings. The number of nitrogens with zero attached hydrogens (tertiary/aromatic N) is 1. The minimum atomic E-state index is -0.927. The summed E-state index contributed by atoms with van der Waals surface area (Å²) in [7, 11) is 0. The summed E-state index contributed by atoms with van der Waals surface area (Å²) in [5.74, 6) is -0.927. The molecule has 0 saturated heterocycles. The molecule has 1 N–H and O–H groups in total. The van der Waals surface area contributed by atoms with Crippen LogP contribution in [0.1, 0.15) is 25.0 Å². The Morgan fingerprint density at radius 2 is 2.10 bits per heavy atom. The van der Waals surface area contributed by atoms with E-state index in [0.717, 1.165) is 44.0 Å². The van der Waals surface area contributed by atoms with E-state index in [2.05, 4.69) is 11.8 Å². The first-order valence-corrected chi connectivity index (χ1v) is 6.96. The van der Waals surface area contributed by atoms with Gasteiger partial charge < -0.3 is 9.84 Å². The van der Waals surface area contributed by atoms with Crippen molar-refractivity contribution in [3.63, 3.8) is 0 Å². The summed E-state index contributed by atoms with van der Waals surface area (Å²) in [5, 5.41) is 8.72. The lowest BCUT2D eigenvalue weighted by Crippen LogP contribution is -2.27. The van der Waals surface area contributed by atoms with Crippen LogP contribution in [0.15, 0.2) is 30.3 Å². The van der Waals surface area contributed by atoms with Crippen LogP contribution in [0.5, 0.6) is 0 Å². The van der Waals surface area contributed by atoms with Crippen LogP contribution in [0.4, 0.5) is 0 Å². The fourth-order valence-electron chi connectivity index (χ4n) is 1.93. The Morgan fingerprint density at radius 3 is 2.75 bits per heavy atom. The molecule has 20 heavy (non-hydrogen) atoms. The van der Waals surface area contributed by atoms with Crippen LogP contribution in [0.2, 0.25) is 0 Å². The Labute approximate surface area is 120 Å². The van der Waals surface area contributed by atoms with Crippen molar-refractivity contribution in [2.24, 2.45) is 0 Å². The van der Waals surface area contributed by atoms with Gasteiger partial charge in [0.2, 0.25) is 0 Å². The number of ether oxygens (including phenoxy) is 1. The molecule has 4 nitrogen and oxygen atoms in total. The second-order valence-corrected chi connectivity index (χ2v) is 4.44. The van der Waals surface area contributed by atoms with Crippen molar-refractivity contribution in [2.45, 2.75) is 20.4 Å². The zero-order valence-corrected chi connectivity index (χ0v) is 12.2. The summed E-state index contributed by atoms with van der Waals surface area (Å²) in [4.78, 5) is 12.9. The van der Waals surface area contributed by atoms with Crippen LogP contribution < -0.4 is 0 Å². The maximum atomic E-state index is 10.6. The molecular formula is C16H23NO3. The van der Waals surface area contributed by atoms with E-state index in [1.807, 2.05) is 31.2 Å². The highest BCUT2D eigenvalue weighted by atomic mass is 16.5. The number of benzene rings is 1. The van der Waals surface area contributed by atoms with Crippen LogP contribution in [0.25, 0.3) is 6.08 Å². The zero-order valence-electron chi connectivity index (χ0n) is 12.2. The third-order valence-corrected chi connectivity index (χ3v) is 3.06. The van der Waals surface area contributed by atoms with E-state index in [9.17, 15) is 4.79 Å². The van der Waals surface area contributed by atoms with Crippen molar-refractivity contribution in [3.05, 3.63) is 41.5 Å². The van der Waals surface area contributed by atoms with Crippen LogP contribution >= 0.6 is 0 Å². The maximum Gasteiger partial charge on any atom is 0.328 e. The third kappa shape index (κ3) is 5.99. The number of carbonyl (C=O) groups is 1. The monoisotopic (exact) mass is 277 g/mol. The van der Waals surface area contributed by atoms with Crippen LogP contribution in [-0.2, 0) is 16.1 Å². The van der Waals surface area contributed by atoms with E-state index in [-0.39, 0.29) is 0 Å². The first-order chi connectivity index (χ1) is 9.67. The predicted octanol–water partition coefficient (Wildman–Crippen LogP) is 2.64. The molecule has 0 bridgehead atoms. The third-order valence-electron chi connectivity index (χ3n) is 3.06. The summed E-state index contributed by atoms with van der Waals surface area (Å²) < 4.78 is 5.38. The van der Waals surface area contributed by atoms with Crippen LogP contribution in [0, 0.1) is 0 Å². The van der Waals surface area contributed by atoms with Gasteiger partial charge in [-0.2, -0.15) is 0 Å². The van der Waals surface area contributed by atoms with E-state index >= 15 is 0 Å². The largest absolute Gasteiger partial charge is 0.478 e. The zero-order chi connectivity index (χ0) is 14.8. The molecule has 4 heteroatoms. The Balaban J connectivity index is 2.71. The molecule has 0 aromatic heterocycles. The van der Waals surface area contributed by atoms with Crippen LogP contribution in [-0.4, -0.2) is 42.3 Å². The number of likely N-dealkylation sites (N-methyl/N-ethyl adjacent to an activating group) is 1. The summed E-state index contributed by atoms with van der Waals surface area (Å²) >= 11 is 0. The molecule has 0 saturated carbocycles. The molecule has 0 amide bonds. The molecule has 0 atom stereocenters. The standard InChI is InChI=1S/C16H23NO3/c1-3-17(11-12-20-4-2)13-15-8-6-5-7-14(15)9-10-16(18)19/h5-10H,3-4,11-13H2,1-2H3,(H,18,19). The van der Waals surface area contributed by atoms with E-state index < -0.39 is 5.97 Å². The average Bonchev–Trinajstić information content (AvgIpc) is 2.45. The lowest BCUT2D eigenvalue weighted by atomic mass is 10.1. The smallest absolute Gasteiger partial charge is 0.328 e. The summed E-state index contributed by atoms with van der Waals surface area (Å²) in [6.07, 6.45) is 2.82. The quantitative estimate of drug-likeness (QED) is 0.557. The first kappa shape index (κ1) is 16.4. The summed E-state index contributed by atoms with van der Waals surface area (Å²) in [6.45, 7) is 8.16. The van der Waals surface area contributed by atoms with Gasteiger partial charge in [-0.3, -0.25) is 4.90 Å². The van der Waals surface area contributed by atoms with Crippen molar-refractivity contribution in [1.29, 1.82) is 0 Å². The topological polar surface area (TPSA) is 49.8 Å². The molecule has 0 fully saturated rings. The van der Waals surface area contributed by atoms with Gasteiger partial charge in [0.15, 0.2) is 0 Å². The molecule has 1 rings (SSSR count). The highest BCUT2D eigenvalue weighted by Gasteiger charge is 2.06. The van der Waals surface area contributed by atoms with Gasteiger partial charge in [-0.25, -0.2) is 4.79 Å². The second kappa shape index (κ2) is 9.28. The van der Waals surface area contributed by atoms with Crippen molar-refractivity contribution >= 4 is 12.0 Å². The number of carboxylic acid groups (broad SMARTS) is 1. The van der Waals surface area contributed by atoms with E-state index in [4.69, 9.17) is 9.84 Å². The molecule has 0 radical (unpaired) electrons. The van der Waals surface area contributed by atoms with Gasteiger partial charge >= 0.3 is 5.97 Å². The Hall–Kier alpha value is -1.65. The highest BCUT2D eigenvalue weighted by Crippen LogP contribution is 2.13. The van der Waals surface area contributed by atoms with Gasteiger partial charge in [0.25, 0.3) is 0 Å². The minimum absolute atomic E-state index is 0.720. The second-order valence-electron chi connectivity index (χ2n) is 4.44. The predicted molar refractivity (Wildman–Crippen MR) is 80.6 cm³/mol. The fraction of sp³-hybridized carbons (Fsp3) is 0.438. The molecular weight excluding hydrogens is 254 g/mol. The van der Waals surface area contributed by atoms with E-state index in [1.165, 1.54) is 6.08 Å². The Morgan fingerprint density at radius 1 is 1.35 bits per heavy atom. The molecule has 110 valence electrons. The number of aliphatic carboxylic acids is 1. The molecule has 0 aliphatic carbocycles. The average molecular weight is 277 g/mol. The maximum absolute atomic E-state index is 10.6. The van der Waals surface area contributed by atoms with Crippen molar-refractivity contribution < 1.29 is 14.6 Å². The Kier molecular flexibility index (Phi) is 7.62. The summed E-state index contributed by atoms with van der Waals surface area (Å²) in [6, 6.07) is 7.86. The fourth-order valence-corrected chi connectivity index (χ4v) is 1.93. The first-order valence-electron chi connectivity index (χ1n) is 6.96. The lowest BCUT2D eigenvalue weighted by Gasteiger charge is -2.21.